The van der Waals surface area contributed by atoms with Crippen LogP contribution >= 0.6 is 0 Å². The molecule has 0 saturated carbocycles. The Morgan fingerprint density at radius 3 is 2.64 bits per heavy atom. The van der Waals surface area contributed by atoms with E-state index in [4.69, 9.17) is 4.74 Å². The lowest BCUT2D eigenvalue weighted by molar-refractivity contribution is 0.0589. The summed E-state index contributed by atoms with van der Waals surface area (Å²) in [6.07, 6.45) is 2.31. The zero-order chi connectivity index (χ0) is 16.1. The highest BCUT2D eigenvalue weighted by Crippen LogP contribution is 2.18. The number of hydrogen-bond donors (Lipinski definition) is 0. The van der Waals surface area contributed by atoms with Crippen molar-refractivity contribution in [3.8, 4) is 0 Å². The van der Waals surface area contributed by atoms with Crippen molar-refractivity contribution < 1.29 is 14.3 Å². The summed E-state index contributed by atoms with van der Waals surface area (Å²) in [5.41, 5.74) is 0.726. The highest BCUT2D eigenvalue weighted by Gasteiger charge is 2.24. The van der Waals surface area contributed by atoms with Crippen LogP contribution in [-0.4, -0.2) is 62.5 Å². The van der Waals surface area contributed by atoms with Crippen LogP contribution in [0.5, 0.6) is 0 Å². The number of piperidine rings is 1. The molecule has 0 aliphatic carbocycles. The predicted octanol–water partition coefficient (Wildman–Crippen LogP) is 1.89. The molecule has 1 atom stereocenters. The van der Waals surface area contributed by atoms with Crippen LogP contribution in [0.15, 0.2) is 24.3 Å². The van der Waals surface area contributed by atoms with Crippen molar-refractivity contribution in [2.45, 2.75) is 12.8 Å². The summed E-state index contributed by atoms with van der Waals surface area (Å²) in [6.45, 7) is 2.84. The Bertz CT molecular complexity index is 544. The lowest BCUT2D eigenvalue weighted by atomic mass is 9.97. The Labute approximate surface area is 131 Å². The molecule has 0 aromatic heterocycles. The maximum Gasteiger partial charge on any atom is 0.338 e. The van der Waals surface area contributed by atoms with Crippen LogP contribution in [0.1, 0.15) is 33.6 Å². The number of likely N-dealkylation sites (tertiary alicyclic amines) is 1. The molecule has 1 saturated heterocycles. The summed E-state index contributed by atoms with van der Waals surface area (Å²) in [5, 5.41) is 0. The molecule has 1 aromatic rings. The summed E-state index contributed by atoms with van der Waals surface area (Å²) in [5.74, 6) is -0.123. The first kappa shape index (κ1) is 16.5. The van der Waals surface area contributed by atoms with Gasteiger partial charge in [0.15, 0.2) is 0 Å². The fourth-order valence-electron chi connectivity index (χ4n) is 3.06. The SMILES string of the molecule is COC(=O)c1ccccc1C(=O)N(C)C[C@@H]1CCCN(C)C1. The number of esters is 1. The van der Waals surface area contributed by atoms with Crippen molar-refractivity contribution in [3.63, 3.8) is 0 Å². The van der Waals surface area contributed by atoms with Crippen molar-refractivity contribution in [3.05, 3.63) is 35.4 Å². The lowest BCUT2D eigenvalue weighted by Gasteiger charge is -2.32. The van der Waals surface area contributed by atoms with E-state index in [1.807, 2.05) is 0 Å². The second-order valence-corrected chi connectivity index (χ2v) is 5.99. The fourth-order valence-corrected chi connectivity index (χ4v) is 3.06. The van der Waals surface area contributed by atoms with Crippen molar-refractivity contribution in [2.75, 3.05) is 40.8 Å². The summed E-state index contributed by atoms with van der Waals surface area (Å²) in [4.78, 5) is 28.5. The molecule has 5 heteroatoms. The van der Waals surface area contributed by atoms with E-state index in [1.54, 1.807) is 36.2 Å². The summed E-state index contributed by atoms with van der Waals surface area (Å²) in [7, 11) is 5.23. The van der Waals surface area contributed by atoms with E-state index in [9.17, 15) is 9.59 Å². The normalized spacial score (nSPS) is 18.8. The third-order valence-corrected chi connectivity index (χ3v) is 4.16. The van der Waals surface area contributed by atoms with Gasteiger partial charge in [0, 0.05) is 20.1 Å². The molecular formula is C17H24N2O3. The first-order valence-corrected chi connectivity index (χ1v) is 7.64. The average Bonchev–Trinajstić information content (AvgIpc) is 2.53. The van der Waals surface area contributed by atoms with Crippen LogP contribution in [-0.2, 0) is 4.74 Å². The van der Waals surface area contributed by atoms with Crippen LogP contribution in [0.3, 0.4) is 0 Å². The van der Waals surface area contributed by atoms with Crippen LogP contribution in [0.2, 0.25) is 0 Å². The number of carbonyl (C=O) groups excluding carboxylic acids is 2. The van der Waals surface area contributed by atoms with Gasteiger partial charge in [-0.3, -0.25) is 4.79 Å². The van der Waals surface area contributed by atoms with Gasteiger partial charge in [-0.05, 0) is 44.5 Å². The fraction of sp³-hybridized carbons (Fsp3) is 0.529. The molecule has 1 heterocycles. The standard InChI is InChI=1S/C17H24N2O3/c1-18-10-6-7-13(11-18)12-19(2)16(20)14-8-4-5-9-15(14)17(21)22-3/h4-5,8-9,13H,6-7,10-12H2,1-3H3/t13-/m1/s1. The maximum atomic E-state index is 12.6. The number of benzene rings is 1. The number of rotatable bonds is 4. The molecule has 5 nitrogen and oxygen atoms in total. The molecular weight excluding hydrogens is 280 g/mol. The molecule has 1 aromatic carbocycles. The van der Waals surface area contributed by atoms with E-state index >= 15 is 0 Å². The van der Waals surface area contributed by atoms with Gasteiger partial charge >= 0.3 is 5.97 Å². The monoisotopic (exact) mass is 304 g/mol. The molecule has 2 rings (SSSR count). The molecule has 0 spiro atoms. The van der Waals surface area contributed by atoms with Gasteiger partial charge in [0.05, 0.1) is 18.2 Å². The van der Waals surface area contributed by atoms with E-state index < -0.39 is 5.97 Å². The van der Waals surface area contributed by atoms with Crippen molar-refractivity contribution in [2.24, 2.45) is 5.92 Å². The Morgan fingerprint density at radius 1 is 1.32 bits per heavy atom. The minimum Gasteiger partial charge on any atom is -0.465 e. The molecule has 0 unspecified atom stereocenters. The lowest BCUT2D eigenvalue weighted by Crippen LogP contribution is -2.40. The van der Waals surface area contributed by atoms with Gasteiger partial charge in [-0.1, -0.05) is 12.1 Å². The summed E-state index contributed by atoms with van der Waals surface area (Å²) in [6, 6.07) is 6.81. The first-order chi connectivity index (χ1) is 10.5. The number of hydrogen-bond acceptors (Lipinski definition) is 4. The smallest absolute Gasteiger partial charge is 0.338 e. The predicted molar refractivity (Wildman–Crippen MR) is 85.0 cm³/mol. The number of methoxy groups -OCH3 is 1. The zero-order valence-electron chi connectivity index (χ0n) is 13.5. The zero-order valence-corrected chi connectivity index (χ0v) is 13.5. The largest absolute Gasteiger partial charge is 0.465 e. The second-order valence-electron chi connectivity index (χ2n) is 5.99. The molecule has 0 radical (unpaired) electrons. The van der Waals surface area contributed by atoms with E-state index in [-0.39, 0.29) is 5.91 Å². The third-order valence-electron chi connectivity index (χ3n) is 4.16. The Balaban J connectivity index is 2.09. The average molecular weight is 304 g/mol. The first-order valence-electron chi connectivity index (χ1n) is 7.64. The third kappa shape index (κ3) is 3.85. The molecule has 0 bridgehead atoms. The molecule has 0 N–H and O–H groups in total. The van der Waals surface area contributed by atoms with Gasteiger partial charge in [-0.25, -0.2) is 4.79 Å². The van der Waals surface area contributed by atoms with Gasteiger partial charge < -0.3 is 14.5 Å². The van der Waals surface area contributed by atoms with Gasteiger partial charge in [0.25, 0.3) is 5.91 Å². The highest BCUT2D eigenvalue weighted by atomic mass is 16.5. The number of ether oxygens (including phenoxy) is 1. The Kier molecular flexibility index (Phi) is 5.55. The molecule has 1 aliphatic rings. The van der Waals surface area contributed by atoms with E-state index in [0.29, 0.717) is 23.6 Å². The summed E-state index contributed by atoms with van der Waals surface area (Å²) >= 11 is 0. The minimum atomic E-state index is -0.477. The van der Waals surface area contributed by atoms with Crippen LogP contribution < -0.4 is 0 Å². The van der Waals surface area contributed by atoms with Gasteiger partial charge in [0.1, 0.15) is 0 Å². The number of nitrogens with zero attached hydrogens (tertiary/aromatic N) is 2. The van der Waals surface area contributed by atoms with Crippen LogP contribution in [0, 0.1) is 5.92 Å². The van der Waals surface area contributed by atoms with Crippen molar-refractivity contribution >= 4 is 11.9 Å². The quantitative estimate of drug-likeness (QED) is 0.797. The van der Waals surface area contributed by atoms with E-state index in [0.717, 1.165) is 19.5 Å². The minimum absolute atomic E-state index is 0.130. The number of amides is 1. The number of carbonyl (C=O) groups is 2. The van der Waals surface area contributed by atoms with E-state index in [2.05, 4.69) is 11.9 Å². The summed E-state index contributed by atoms with van der Waals surface area (Å²) < 4.78 is 4.75. The molecule has 1 amide bonds. The highest BCUT2D eigenvalue weighted by molar-refractivity contribution is 6.05. The molecule has 1 aliphatic heterocycles. The molecule has 22 heavy (non-hydrogen) atoms. The second kappa shape index (κ2) is 7.40. The van der Waals surface area contributed by atoms with Crippen LogP contribution in [0.25, 0.3) is 0 Å². The maximum absolute atomic E-state index is 12.6. The molecule has 120 valence electrons. The Morgan fingerprint density at radius 2 is 2.00 bits per heavy atom. The van der Waals surface area contributed by atoms with E-state index in [1.165, 1.54) is 13.5 Å². The van der Waals surface area contributed by atoms with Crippen molar-refractivity contribution in [1.82, 2.24) is 9.80 Å². The van der Waals surface area contributed by atoms with Crippen molar-refractivity contribution in [1.29, 1.82) is 0 Å². The van der Waals surface area contributed by atoms with Gasteiger partial charge in [-0.15, -0.1) is 0 Å². The Hall–Kier alpha value is -1.88. The van der Waals surface area contributed by atoms with Crippen LogP contribution in [0.4, 0.5) is 0 Å². The molecule has 1 fully saturated rings. The van der Waals surface area contributed by atoms with Gasteiger partial charge in [0.2, 0.25) is 0 Å². The topological polar surface area (TPSA) is 49.9 Å². The van der Waals surface area contributed by atoms with Gasteiger partial charge in [-0.2, -0.15) is 0 Å².